The normalized spacial score (nSPS) is 23.8. The molecule has 0 aliphatic carbocycles. The van der Waals surface area contributed by atoms with E-state index in [9.17, 15) is 4.79 Å². The lowest BCUT2D eigenvalue weighted by atomic mass is 10.0. The molecule has 0 saturated carbocycles. The molecule has 2 heterocycles. The molecule has 0 spiro atoms. The van der Waals surface area contributed by atoms with Gasteiger partial charge in [-0.3, -0.25) is 0 Å². The highest BCUT2D eigenvalue weighted by Crippen LogP contribution is 2.30. The Morgan fingerprint density at radius 1 is 1.19 bits per heavy atom. The second-order valence-electron chi connectivity index (χ2n) is 4.60. The van der Waals surface area contributed by atoms with E-state index in [1.54, 1.807) is 0 Å². The average Bonchev–Trinajstić information content (AvgIpc) is 2.83. The van der Waals surface area contributed by atoms with Crippen molar-refractivity contribution in [1.82, 2.24) is 0 Å². The molecule has 3 heteroatoms. The molecule has 90 valence electrons. The van der Waals surface area contributed by atoms with E-state index in [-0.39, 0.29) is 12.1 Å². The highest BCUT2D eigenvalue weighted by molar-refractivity contribution is 5.93. The molecule has 0 fully saturated rings. The summed E-state index contributed by atoms with van der Waals surface area (Å²) in [4.78, 5) is 11.4. The second-order valence-corrected chi connectivity index (χ2v) is 4.60. The summed E-state index contributed by atoms with van der Waals surface area (Å²) in [5.74, 6) is -0.147. The lowest BCUT2D eigenvalue weighted by molar-refractivity contribution is -0.137. The first-order chi connectivity index (χ1) is 7.83. The summed E-state index contributed by atoms with van der Waals surface area (Å²) in [6, 6.07) is 0. The standard InChI is InChI=1S/C13H20O3/c1-2-3-4-5-6-7-11-12-10(8-15-11)9-16-13(12)14/h11H,2-9H2,1H3. The van der Waals surface area contributed by atoms with E-state index in [2.05, 4.69) is 6.92 Å². The van der Waals surface area contributed by atoms with Crippen LogP contribution in [0.15, 0.2) is 11.1 Å². The molecule has 0 aromatic heterocycles. The van der Waals surface area contributed by atoms with Crippen molar-refractivity contribution >= 4 is 5.97 Å². The van der Waals surface area contributed by atoms with Crippen LogP contribution in [0.4, 0.5) is 0 Å². The van der Waals surface area contributed by atoms with E-state index in [0.717, 1.165) is 24.0 Å². The number of cyclic esters (lactones) is 1. The van der Waals surface area contributed by atoms with Crippen LogP contribution >= 0.6 is 0 Å². The molecule has 0 aromatic rings. The number of esters is 1. The number of hydrogen-bond donors (Lipinski definition) is 0. The van der Waals surface area contributed by atoms with Crippen molar-refractivity contribution < 1.29 is 14.3 Å². The first kappa shape index (κ1) is 11.6. The number of unbranched alkanes of at least 4 members (excludes halogenated alkanes) is 4. The fraction of sp³-hybridized carbons (Fsp3) is 0.769. The van der Waals surface area contributed by atoms with Crippen molar-refractivity contribution in [2.75, 3.05) is 13.2 Å². The minimum Gasteiger partial charge on any atom is -0.458 e. The summed E-state index contributed by atoms with van der Waals surface area (Å²) >= 11 is 0. The maximum absolute atomic E-state index is 11.4. The van der Waals surface area contributed by atoms with Crippen LogP contribution in [0.5, 0.6) is 0 Å². The van der Waals surface area contributed by atoms with Gasteiger partial charge < -0.3 is 9.47 Å². The maximum atomic E-state index is 11.4. The summed E-state index contributed by atoms with van der Waals surface area (Å²) < 4.78 is 10.6. The molecular formula is C13H20O3. The monoisotopic (exact) mass is 224 g/mol. The average molecular weight is 224 g/mol. The minimum atomic E-state index is -0.147. The molecule has 0 N–H and O–H groups in total. The van der Waals surface area contributed by atoms with Crippen molar-refractivity contribution in [3.05, 3.63) is 11.1 Å². The van der Waals surface area contributed by atoms with Crippen molar-refractivity contribution in [2.45, 2.75) is 51.6 Å². The number of carbonyl (C=O) groups excluding carboxylic acids is 1. The first-order valence-corrected chi connectivity index (χ1v) is 6.33. The van der Waals surface area contributed by atoms with Gasteiger partial charge in [-0.25, -0.2) is 4.79 Å². The zero-order valence-electron chi connectivity index (χ0n) is 9.96. The van der Waals surface area contributed by atoms with Gasteiger partial charge in [-0.2, -0.15) is 0 Å². The van der Waals surface area contributed by atoms with Crippen LogP contribution in [0.2, 0.25) is 0 Å². The Morgan fingerprint density at radius 2 is 2.00 bits per heavy atom. The number of carbonyl (C=O) groups is 1. The van der Waals surface area contributed by atoms with E-state index < -0.39 is 0 Å². The van der Waals surface area contributed by atoms with Gasteiger partial charge in [0.2, 0.25) is 0 Å². The van der Waals surface area contributed by atoms with E-state index >= 15 is 0 Å². The fourth-order valence-corrected chi connectivity index (χ4v) is 2.38. The predicted octanol–water partition coefficient (Wildman–Crippen LogP) is 2.60. The molecule has 0 bridgehead atoms. The number of hydrogen-bond acceptors (Lipinski definition) is 3. The molecule has 2 aliphatic heterocycles. The Hall–Kier alpha value is -0.830. The van der Waals surface area contributed by atoms with Gasteiger partial charge in [-0.15, -0.1) is 0 Å². The summed E-state index contributed by atoms with van der Waals surface area (Å²) in [6.07, 6.45) is 7.24. The summed E-state index contributed by atoms with van der Waals surface area (Å²) in [5, 5.41) is 0. The Bertz CT molecular complexity index is 294. The lowest BCUT2D eigenvalue weighted by Gasteiger charge is -2.12. The van der Waals surface area contributed by atoms with Crippen molar-refractivity contribution in [3.63, 3.8) is 0 Å². The Kier molecular flexibility index (Phi) is 3.99. The molecule has 0 aromatic carbocycles. The van der Waals surface area contributed by atoms with Gasteiger partial charge in [0.05, 0.1) is 18.3 Å². The summed E-state index contributed by atoms with van der Waals surface area (Å²) in [5.41, 5.74) is 1.90. The zero-order chi connectivity index (χ0) is 11.4. The highest BCUT2D eigenvalue weighted by atomic mass is 16.6. The third-order valence-corrected chi connectivity index (χ3v) is 3.33. The van der Waals surface area contributed by atoms with Crippen LogP contribution in [0.1, 0.15) is 45.4 Å². The maximum Gasteiger partial charge on any atom is 0.337 e. The Labute approximate surface area is 96.8 Å². The van der Waals surface area contributed by atoms with Gasteiger partial charge >= 0.3 is 5.97 Å². The van der Waals surface area contributed by atoms with Gasteiger partial charge in [0.25, 0.3) is 0 Å². The second kappa shape index (κ2) is 5.48. The molecule has 3 nitrogen and oxygen atoms in total. The molecule has 1 unspecified atom stereocenters. The Morgan fingerprint density at radius 3 is 2.81 bits per heavy atom. The fourth-order valence-electron chi connectivity index (χ4n) is 2.38. The molecule has 16 heavy (non-hydrogen) atoms. The van der Waals surface area contributed by atoms with Gasteiger partial charge in [-0.1, -0.05) is 39.0 Å². The number of ether oxygens (including phenoxy) is 2. The SMILES string of the molecule is CCCCCCCC1OCC2=C1C(=O)OC2. The predicted molar refractivity (Wildman–Crippen MR) is 61.1 cm³/mol. The molecule has 0 radical (unpaired) electrons. The zero-order valence-corrected chi connectivity index (χ0v) is 9.96. The van der Waals surface area contributed by atoms with Gasteiger partial charge in [-0.05, 0) is 6.42 Å². The topological polar surface area (TPSA) is 35.5 Å². The van der Waals surface area contributed by atoms with E-state index in [4.69, 9.17) is 9.47 Å². The number of rotatable bonds is 6. The van der Waals surface area contributed by atoms with Crippen molar-refractivity contribution in [2.24, 2.45) is 0 Å². The largest absolute Gasteiger partial charge is 0.458 e. The Balaban J connectivity index is 1.73. The van der Waals surface area contributed by atoms with Gasteiger partial charge in [0, 0.05) is 5.57 Å². The van der Waals surface area contributed by atoms with Crippen LogP contribution in [0.3, 0.4) is 0 Å². The highest BCUT2D eigenvalue weighted by Gasteiger charge is 2.36. The van der Waals surface area contributed by atoms with E-state index in [1.165, 1.54) is 25.7 Å². The quantitative estimate of drug-likeness (QED) is 0.514. The lowest BCUT2D eigenvalue weighted by Crippen LogP contribution is -2.16. The molecule has 1 atom stereocenters. The summed E-state index contributed by atoms with van der Waals surface area (Å²) in [7, 11) is 0. The molecule has 0 amide bonds. The minimum absolute atomic E-state index is 0.0200. The summed E-state index contributed by atoms with van der Waals surface area (Å²) in [6.45, 7) is 3.27. The van der Waals surface area contributed by atoms with Crippen LogP contribution in [-0.4, -0.2) is 25.3 Å². The van der Waals surface area contributed by atoms with Gasteiger partial charge in [0.15, 0.2) is 0 Å². The van der Waals surface area contributed by atoms with Crippen LogP contribution in [0.25, 0.3) is 0 Å². The molecule has 2 rings (SSSR count). The third-order valence-electron chi connectivity index (χ3n) is 3.33. The smallest absolute Gasteiger partial charge is 0.337 e. The van der Waals surface area contributed by atoms with Crippen LogP contribution < -0.4 is 0 Å². The third kappa shape index (κ3) is 2.46. The van der Waals surface area contributed by atoms with Crippen LogP contribution in [0, 0.1) is 0 Å². The van der Waals surface area contributed by atoms with Crippen LogP contribution in [-0.2, 0) is 14.3 Å². The first-order valence-electron chi connectivity index (χ1n) is 6.33. The van der Waals surface area contributed by atoms with E-state index in [0.29, 0.717) is 13.2 Å². The van der Waals surface area contributed by atoms with Crippen molar-refractivity contribution in [3.8, 4) is 0 Å². The van der Waals surface area contributed by atoms with Gasteiger partial charge in [0.1, 0.15) is 6.61 Å². The van der Waals surface area contributed by atoms with Crippen molar-refractivity contribution in [1.29, 1.82) is 0 Å². The molecular weight excluding hydrogens is 204 g/mol. The molecule has 0 saturated heterocycles. The van der Waals surface area contributed by atoms with E-state index in [1.807, 2.05) is 0 Å². The molecule has 2 aliphatic rings.